The molecular formula is C33H43N3O6. The van der Waals surface area contributed by atoms with Crippen molar-refractivity contribution in [3.63, 3.8) is 0 Å². The van der Waals surface area contributed by atoms with Gasteiger partial charge in [0.15, 0.2) is 5.79 Å². The van der Waals surface area contributed by atoms with E-state index in [2.05, 4.69) is 30.7 Å². The monoisotopic (exact) mass is 577 g/mol. The number of fused-ring (bicyclic) bond motifs is 1. The van der Waals surface area contributed by atoms with Crippen LogP contribution >= 0.6 is 0 Å². The van der Waals surface area contributed by atoms with Gasteiger partial charge in [0.1, 0.15) is 23.0 Å². The molecule has 1 aromatic carbocycles. The van der Waals surface area contributed by atoms with Gasteiger partial charge >= 0.3 is 0 Å². The van der Waals surface area contributed by atoms with Crippen LogP contribution in [0.3, 0.4) is 0 Å². The SMILES string of the molecule is C=C(C)[C@@H]1CC[C@H]2[C@@]34COC5(OC(C)(C)O[C@H]1[C@@]25C(C)=O)[C@@H](O)[C@@H]3C(C)(C)C[C@H](n1cc(-c2ccccc2)nn1)[C@H]4O. The first-order valence-electron chi connectivity index (χ1n) is 15.2. The van der Waals surface area contributed by atoms with E-state index in [0.29, 0.717) is 12.8 Å². The molecule has 9 nitrogen and oxygen atoms in total. The van der Waals surface area contributed by atoms with Gasteiger partial charge in [-0.3, -0.25) is 4.79 Å². The van der Waals surface area contributed by atoms with Crippen LogP contribution < -0.4 is 0 Å². The van der Waals surface area contributed by atoms with Gasteiger partial charge in [-0.1, -0.05) is 61.5 Å². The van der Waals surface area contributed by atoms with Crippen molar-refractivity contribution in [2.45, 2.75) is 96.7 Å². The molecule has 2 N–H and O–H groups in total. The zero-order valence-electron chi connectivity index (χ0n) is 25.4. The van der Waals surface area contributed by atoms with E-state index >= 15 is 0 Å². The third-order valence-electron chi connectivity index (χ3n) is 11.6. The van der Waals surface area contributed by atoms with Crippen LogP contribution in [-0.4, -0.2) is 67.5 Å². The molecule has 226 valence electrons. The molecule has 3 aliphatic carbocycles. The molecule has 4 heterocycles. The molecule has 2 spiro atoms. The highest BCUT2D eigenvalue weighted by Gasteiger charge is 2.88. The van der Waals surface area contributed by atoms with Crippen molar-refractivity contribution in [3.8, 4) is 11.3 Å². The number of ether oxygens (including phenoxy) is 3. The van der Waals surface area contributed by atoms with Gasteiger partial charge in [-0.25, -0.2) is 4.68 Å². The zero-order chi connectivity index (χ0) is 30.0. The summed E-state index contributed by atoms with van der Waals surface area (Å²) in [6, 6.07) is 9.40. The summed E-state index contributed by atoms with van der Waals surface area (Å²) in [5.74, 6) is -3.72. The number of rotatable bonds is 4. The number of carbonyl (C=O) groups is 1. The molecule has 3 saturated heterocycles. The number of aliphatic hydroxyl groups excluding tert-OH is 2. The van der Waals surface area contributed by atoms with Gasteiger partial charge in [0.2, 0.25) is 5.79 Å². The Hall–Kier alpha value is -2.43. The maximum absolute atomic E-state index is 14.2. The molecular weight excluding hydrogens is 534 g/mol. The number of nitrogens with zero attached hydrogens (tertiary/aromatic N) is 3. The van der Waals surface area contributed by atoms with Crippen molar-refractivity contribution in [1.82, 2.24) is 15.0 Å². The quantitative estimate of drug-likeness (QED) is 0.517. The molecule has 2 aromatic rings. The maximum Gasteiger partial charge on any atom is 0.213 e. The standard InChI is InChI=1S/C33H43N3O6/c1-18(2)21-13-14-24-31-17-40-33(32(24,19(3)37)28(21)41-30(6,7)42-33)27(39)25(31)29(4,5)15-23(26(31)38)36-16-22(34-35-36)20-11-9-8-10-12-20/h8-12,16,21,23-28,38-39H,1,13-15,17H2,2-7H3/t21-,23-,24-,25+,26+,27-,28+,31-,32+,33?/m0/s1. The number of ketones is 1. The van der Waals surface area contributed by atoms with Gasteiger partial charge < -0.3 is 24.4 Å². The Bertz CT molecular complexity index is 1440. The van der Waals surface area contributed by atoms with Crippen molar-refractivity contribution in [2.24, 2.45) is 34.0 Å². The molecule has 3 aliphatic heterocycles. The molecule has 9 heteroatoms. The highest BCUT2D eigenvalue weighted by molar-refractivity contribution is 5.86. The summed E-state index contributed by atoms with van der Waals surface area (Å²) in [4.78, 5) is 14.2. The number of aliphatic hydroxyl groups is 2. The summed E-state index contributed by atoms with van der Waals surface area (Å²) in [6.45, 7) is 15.9. The van der Waals surface area contributed by atoms with Crippen molar-refractivity contribution < 1.29 is 29.2 Å². The number of carbonyl (C=O) groups excluding carboxylic acids is 1. The molecule has 1 unspecified atom stereocenters. The molecule has 42 heavy (non-hydrogen) atoms. The Labute approximate surface area is 247 Å². The van der Waals surface area contributed by atoms with Crippen LogP contribution in [0, 0.1) is 34.0 Å². The number of benzene rings is 1. The third kappa shape index (κ3) is 3.29. The van der Waals surface area contributed by atoms with Crippen LogP contribution in [-0.2, 0) is 19.0 Å². The van der Waals surface area contributed by atoms with Crippen LogP contribution in [0.25, 0.3) is 11.3 Å². The second kappa shape index (κ2) is 8.82. The molecule has 1 aromatic heterocycles. The molecule has 0 radical (unpaired) electrons. The van der Waals surface area contributed by atoms with E-state index in [1.54, 1.807) is 11.6 Å². The van der Waals surface area contributed by atoms with Gasteiger partial charge in [-0.15, -0.1) is 5.10 Å². The van der Waals surface area contributed by atoms with Gasteiger partial charge in [-0.05, 0) is 58.3 Å². The van der Waals surface area contributed by atoms with E-state index in [9.17, 15) is 15.0 Å². The molecule has 10 atom stereocenters. The summed E-state index contributed by atoms with van der Waals surface area (Å²) in [6.07, 6.45) is 1.11. The Kier molecular flexibility index (Phi) is 5.95. The first-order valence-corrected chi connectivity index (χ1v) is 15.2. The average molecular weight is 578 g/mol. The van der Waals surface area contributed by atoms with Crippen LogP contribution in [0.15, 0.2) is 48.7 Å². The zero-order valence-corrected chi connectivity index (χ0v) is 25.4. The first-order chi connectivity index (χ1) is 19.7. The highest BCUT2D eigenvalue weighted by atomic mass is 16.8. The summed E-state index contributed by atoms with van der Waals surface area (Å²) < 4.78 is 21.8. The lowest BCUT2D eigenvalue weighted by molar-refractivity contribution is -0.539. The minimum atomic E-state index is -1.60. The molecule has 6 fully saturated rings. The fraction of sp³-hybridized carbons (Fsp3) is 0.667. The Morgan fingerprint density at radius 1 is 1.07 bits per heavy atom. The smallest absolute Gasteiger partial charge is 0.213 e. The minimum Gasteiger partial charge on any atom is -0.390 e. The number of aromatic nitrogens is 3. The van der Waals surface area contributed by atoms with Gasteiger partial charge in [0.05, 0.1) is 31.1 Å². The fourth-order valence-corrected chi connectivity index (χ4v) is 10.4. The molecule has 2 bridgehead atoms. The predicted molar refractivity (Wildman–Crippen MR) is 154 cm³/mol. The first kappa shape index (κ1) is 28.3. The maximum atomic E-state index is 14.2. The van der Waals surface area contributed by atoms with Crippen molar-refractivity contribution in [1.29, 1.82) is 0 Å². The number of hydrogen-bond acceptors (Lipinski definition) is 8. The fourth-order valence-electron chi connectivity index (χ4n) is 10.4. The lowest BCUT2D eigenvalue weighted by Gasteiger charge is -2.79. The second-order valence-corrected chi connectivity index (χ2v) is 14.7. The lowest BCUT2D eigenvalue weighted by atomic mass is 9.33. The summed E-state index contributed by atoms with van der Waals surface area (Å²) in [7, 11) is 0. The Morgan fingerprint density at radius 3 is 2.45 bits per heavy atom. The highest BCUT2D eigenvalue weighted by Crippen LogP contribution is 2.77. The molecule has 6 aliphatic rings. The molecule has 3 saturated carbocycles. The van der Waals surface area contributed by atoms with Crippen LogP contribution in [0.5, 0.6) is 0 Å². The van der Waals surface area contributed by atoms with Crippen LogP contribution in [0.1, 0.15) is 66.8 Å². The van der Waals surface area contributed by atoms with Gasteiger partial charge in [0.25, 0.3) is 0 Å². The lowest BCUT2D eigenvalue weighted by Crippen LogP contribution is -2.90. The van der Waals surface area contributed by atoms with Gasteiger partial charge in [0, 0.05) is 22.8 Å². The van der Waals surface area contributed by atoms with Crippen molar-refractivity contribution in [2.75, 3.05) is 6.61 Å². The van der Waals surface area contributed by atoms with Gasteiger partial charge in [-0.2, -0.15) is 0 Å². The minimum absolute atomic E-state index is 0.122. The summed E-state index contributed by atoms with van der Waals surface area (Å²) in [5.41, 5.74) is -0.149. The normalized spacial score (nSPS) is 44.6. The van der Waals surface area contributed by atoms with E-state index in [1.807, 2.05) is 57.3 Å². The Morgan fingerprint density at radius 2 is 1.79 bits per heavy atom. The van der Waals surface area contributed by atoms with E-state index in [1.165, 1.54) is 0 Å². The largest absolute Gasteiger partial charge is 0.390 e. The van der Waals surface area contributed by atoms with Crippen LogP contribution in [0.2, 0.25) is 0 Å². The topological polar surface area (TPSA) is 116 Å². The van der Waals surface area contributed by atoms with E-state index in [-0.39, 0.29) is 24.2 Å². The van der Waals surface area contributed by atoms with E-state index in [0.717, 1.165) is 23.3 Å². The Balaban J connectivity index is 1.42. The third-order valence-corrected chi connectivity index (χ3v) is 11.6. The summed E-state index contributed by atoms with van der Waals surface area (Å²) >= 11 is 0. The second-order valence-electron chi connectivity index (χ2n) is 14.7. The molecule has 8 rings (SSSR count). The van der Waals surface area contributed by atoms with Crippen LogP contribution in [0.4, 0.5) is 0 Å². The number of hydrogen-bond donors (Lipinski definition) is 2. The average Bonchev–Trinajstić information content (AvgIpc) is 3.41. The van der Waals surface area contributed by atoms with E-state index < -0.39 is 58.1 Å². The van der Waals surface area contributed by atoms with Crippen molar-refractivity contribution >= 4 is 5.78 Å². The summed E-state index contributed by atoms with van der Waals surface area (Å²) in [5, 5.41) is 34.1. The number of Topliss-reactive ketones (excluding diaryl/α,β-unsaturated/α-hetero) is 1. The van der Waals surface area contributed by atoms with Crippen molar-refractivity contribution in [3.05, 3.63) is 48.7 Å². The van der Waals surface area contributed by atoms with E-state index in [4.69, 9.17) is 14.2 Å². The molecule has 0 amide bonds. The predicted octanol–water partition coefficient (Wildman–Crippen LogP) is 4.31.